The number of rotatable bonds is 8. The molecule has 1 N–H and O–H groups in total. The van der Waals surface area contributed by atoms with Gasteiger partial charge in [0.05, 0.1) is 18.8 Å². The summed E-state index contributed by atoms with van der Waals surface area (Å²) in [5.74, 6) is -0.642. The van der Waals surface area contributed by atoms with Crippen LogP contribution in [-0.4, -0.2) is 43.1 Å². The molecule has 1 atom stereocenters. The molecule has 0 spiro atoms. The number of cyclic esters (lactones) is 1. The largest absolute Gasteiger partial charge is 0.442 e. The monoisotopic (exact) mass is 529 g/mol. The number of benzene rings is 3. The number of hydrogen-bond donors (Lipinski definition) is 1. The standard InChI is InChI=1S/C27H26Cl2FN3O3/c1-17(34)31-13-24-16-33(27(35)36-24)23-7-8-25(26(30)12-23)20-5-3-18(4-6-20)14-32(2)15-19-9-21(28)11-22(29)10-19/h3-12,24H,13-16H2,1-2H3,(H,31,34)/t24-/m0/s1. The Morgan fingerprint density at radius 2 is 1.72 bits per heavy atom. The zero-order valence-corrected chi connectivity index (χ0v) is 21.4. The van der Waals surface area contributed by atoms with Crippen LogP contribution in [0.15, 0.2) is 60.7 Å². The molecule has 0 aromatic heterocycles. The maximum Gasteiger partial charge on any atom is 0.414 e. The number of nitrogens with one attached hydrogen (secondary N) is 1. The van der Waals surface area contributed by atoms with Crippen molar-refractivity contribution in [3.8, 4) is 11.1 Å². The lowest BCUT2D eigenvalue weighted by Crippen LogP contribution is -2.33. The molecule has 1 saturated heterocycles. The molecule has 0 saturated carbocycles. The molecule has 0 radical (unpaired) electrons. The van der Waals surface area contributed by atoms with Crippen LogP contribution >= 0.6 is 23.2 Å². The van der Waals surface area contributed by atoms with Crippen molar-refractivity contribution in [2.24, 2.45) is 0 Å². The third kappa shape index (κ3) is 6.55. The molecule has 0 bridgehead atoms. The number of amides is 2. The predicted molar refractivity (Wildman–Crippen MR) is 140 cm³/mol. The fraction of sp³-hybridized carbons (Fsp3) is 0.259. The minimum absolute atomic E-state index is 0.205. The van der Waals surface area contributed by atoms with Crippen LogP contribution in [0.2, 0.25) is 10.0 Å². The lowest BCUT2D eigenvalue weighted by Gasteiger charge is -2.18. The molecule has 0 aliphatic carbocycles. The van der Waals surface area contributed by atoms with Crippen LogP contribution in [0.4, 0.5) is 14.9 Å². The number of ether oxygens (including phenoxy) is 1. The fourth-order valence-corrected chi connectivity index (χ4v) is 4.74. The molecule has 6 nitrogen and oxygen atoms in total. The van der Waals surface area contributed by atoms with Crippen LogP contribution in [-0.2, 0) is 22.6 Å². The van der Waals surface area contributed by atoms with Crippen molar-refractivity contribution >= 4 is 40.9 Å². The summed E-state index contributed by atoms with van der Waals surface area (Å²) in [7, 11) is 2.01. The number of hydrogen-bond acceptors (Lipinski definition) is 4. The SMILES string of the molecule is CC(=O)NC[C@H]1CN(c2ccc(-c3ccc(CN(C)Cc4cc(Cl)cc(Cl)c4)cc3)c(F)c2)C(=O)O1. The van der Waals surface area contributed by atoms with Gasteiger partial charge in [-0.1, -0.05) is 47.5 Å². The number of carbonyl (C=O) groups excluding carboxylic acids is 2. The number of anilines is 1. The van der Waals surface area contributed by atoms with E-state index >= 15 is 4.39 Å². The predicted octanol–water partition coefficient (Wildman–Crippen LogP) is 5.89. The second-order valence-corrected chi connectivity index (χ2v) is 9.74. The Bertz CT molecular complexity index is 1250. The Hall–Kier alpha value is -3.13. The molecule has 1 aliphatic rings. The molecule has 9 heteroatoms. The first-order valence-corrected chi connectivity index (χ1v) is 12.2. The normalized spacial score (nSPS) is 15.3. The average Bonchev–Trinajstić information content (AvgIpc) is 3.18. The first-order chi connectivity index (χ1) is 17.2. The van der Waals surface area contributed by atoms with Gasteiger partial charge in [-0.2, -0.15) is 0 Å². The van der Waals surface area contributed by atoms with E-state index in [1.165, 1.54) is 17.9 Å². The van der Waals surface area contributed by atoms with Crippen LogP contribution in [0.25, 0.3) is 11.1 Å². The minimum Gasteiger partial charge on any atom is -0.442 e. The molecule has 4 rings (SSSR count). The van der Waals surface area contributed by atoms with Gasteiger partial charge in [-0.05, 0) is 60.1 Å². The van der Waals surface area contributed by atoms with Gasteiger partial charge < -0.3 is 10.1 Å². The Kier molecular flexibility index (Phi) is 8.14. The van der Waals surface area contributed by atoms with Gasteiger partial charge in [-0.25, -0.2) is 9.18 Å². The van der Waals surface area contributed by atoms with Gasteiger partial charge in [0.25, 0.3) is 0 Å². The summed E-state index contributed by atoms with van der Waals surface area (Å²) < 4.78 is 20.3. The van der Waals surface area contributed by atoms with Crippen molar-refractivity contribution in [2.45, 2.75) is 26.1 Å². The van der Waals surface area contributed by atoms with Crippen LogP contribution < -0.4 is 10.2 Å². The van der Waals surface area contributed by atoms with Gasteiger partial charge in [0, 0.05) is 35.6 Å². The maximum absolute atomic E-state index is 15.0. The number of nitrogens with zero attached hydrogens (tertiary/aromatic N) is 2. The van der Waals surface area contributed by atoms with E-state index < -0.39 is 18.0 Å². The van der Waals surface area contributed by atoms with Gasteiger partial charge in [0.15, 0.2) is 0 Å². The molecular weight excluding hydrogens is 504 g/mol. The first kappa shape index (κ1) is 25.9. The minimum atomic E-state index is -0.564. The highest BCUT2D eigenvalue weighted by atomic mass is 35.5. The van der Waals surface area contributed by atoms with Crippen molar-refractivity contribution in [1.29, 1.82) is 0 Å². The molecule has 1 fully saturated rings. The summed E-state index contributed by atoms with van der Waals surface area (Å²) in [6.07, 6.45) is -1.04. The molecule has 1 heterocycles. The summed E-state index contributed by atoms with van der Waals surface area (Å²) in [4.78, 5) is 26.8. The van der Waals surface area contributed by atoms with Crippen LogP contribution in [0, 0.1) is 5.82 Å². The van der Waals surface area contributed by atoms with E-state index in [2.05, 4.69) is 10.2 Å². The van der Waals surface area contributed by atoms with E-state index in [-0.39, 0.29) is 19.0 Å². The Morgan fingerprint density at radius 3 is 2.36 bits per heavy atom. The van der Waals surface area contributed by atoms with Gasteiger partial charge in [-0.3, -0.25) is 14.6 Å². The van der Waals surface area contributed by atoms with E-state index in [0.717, 1.165) is 16.7 Å². The Morgan fingerprint density at radius 1 is 1.06 bits per heavy atom. The molecular formula is C27H26Cl2FN3O3. The van der Waals surface area contributed by atoms with E-state index in [1.807, 2.05) is 43.4 Å². The topological polar surface area (TPSA) is 61.9 Å². The lowest BCUT2D eigenvalue weighted by molar-refractivity contribution is -0.119. The van der Waals surface area contributed by atoms with Gasteiger partial charge in [0.1, 0.15) is 11.9 Å². The summed E-state index contributed by atoms with van der Waals surface area (Å²) in [5, 5.41) is 3.84. The lowest BCUT2D eigenvalue weighted by atomic mass is 10.0. The quantitative estimate of drug-likeness (QED) is 0.395. The van der Waals surface area contributed by atoms with Crippen molar-refractivity contribution in [3.63, 3.8) is 0 Å². The highest BCUT2D eigenvalue weighted by Crippen LogP contribution is 2.29. The van der Waals surface area contributed by atoms with E-state index in [9.17, 15) is 9.59 Å². The zero-order valence-electron chi connectivity index (χ0n) is 19.9. The second-order valence-electron chi connectivity index (χ2n) is 8.86. The molecule has 3 aromatic carbocycles. The third-order valence-electron chi connectivity index (χ3n) is 5.81. The Balaban J connectivity index is 1.40. The second kappa shape index (κ2) is 11.3. The zero-order chi connectivity index (χ0) is 25.8. The van der Waals surface area contributed by atoms with Crippen LogP contribution in [0.1, 0.15) is 18.1 Å². The summed E-state index contributed by atoms with van der Waals surface area (Å²) in [6.45, 7) is 3.23. The van der Waals surface area contributed by atoms with E-state index in [0.29, 0.717) is 34.4 Å². The van der Waals surface area contributed by atoms with Crippen LogP contribution in [0.5, 0.6) is 0 Å². The summed E-state index contributed by atoms with van der Waals surface area (Å²) >= 11 is 12.2. The summed E-state index contributed by atoms with van der Waals surface area (Å²) in [5.41, 5.74) is 3.69. The number of carbonyl (C=O) groups is 2. The van der Waals surface area contributed by atoms with E-state index in [1.54, 1.807) is 18.2 Å². The van der Waals surface area contributed by atoms with Gasteiger partial charge in [-0.15, -0.1) is 0 Å². The van der Waals surface area contributed by atoms with Crippen molar-refractivity contribution < 1.29 is 18.7 Å². The van der Waals surface area contributed by atoms with E-state index in [4.69, 9.17) is 27.9 Å². The average molecular weight is 530 g/mol. The fourth-order valence-electron chi connectivity index (χ4n) is 4.17. The highest BCUT2D eigenvalue weighted by Gasteiger charge is 2.32. The van der Waals surface area contributed by atoms with Crippen molar-refractivity contribution in [2.75, 3.05) is 25.0 Å². The molecule has 36 heavy (non-hydrogen) atoms. The van der Waals surface area contributed by atoms with Gasteiger partial charge in [0.2, 0.25) is 5.91 Å². The van der Waals surface area contributed by atoms with Crippen LogP contribution in [0.3, 0.4) is 0 Å². The third-order valence-corrected chi connectivity index (χ3v) is 6.25. The van der Waals surface area contributed by atoms with Gasteiger partial charge >= 0.3 is 6.09 Å². The number of halogens is 3. The molecule has 188 valence electrons. The molecule has 3 aromatic rings. The smallest absolute Gasteiger partial charge is 0.414 e. The molecule has 0 unspecified atom stereocenters. The first-order valence-electron chi connectivity index (χ1n) is 11.4. The summed E-state index contributed by atoms with van der Waals surface area (Å²) in [6, 6.07) is 17.9. The molecule has 1 aliphatic heterocycles. The van der Waals surface area contributed by atoms with Crippen molar-refractivity contribution in [3.05, 3.63) is 87.7 Å². The Labute approximate surface area is 219 Å². The molecule has 2 amide bonds. The highest BCUT2D eigenvalue weighted by molar-refractivity contribution is 6.34. The van der Waals surface area contributed by atoms with Crippen molar-refractivity contribution in [1.82, 2.24) is 10.2 Å². The maximum atomic E-state index is 15.0.